The van der Waals surface area contributed by atoms with E-state index >= 15 is 0 Å². The number of alkyl halides is 3. The van der Waals surface area contributed by atoms with Crippen molar-refractivity contribution in [2.75, 3.05) is 17.9 Å². The first-order valence-electron chi connectivity index (χ1n) is 7.29. The Bertz CT molecular complexity index is 931. The van der Waals surface area contributed by atoms with E-state index in [1.165, 1.54) is 32.2 Å². The molecule has 2 aromatic rings. The Balaban J connectivity index is 2.15. The van der Waals surface area contributed by atoms with E-state index in [-0.39, 0.29) is 28.1 Å². The van der Waals surface area contributed by atoms with Gasteiger partial charge in [0, 0.05) is 19.2 Å². The van der Waals surface area contributed by atoms with Gasteiger partial charge in [-0.15, -0.1) is 4.83 Å². The second kappa shape index (κ2) is 7.80. The van der Waals surface area contributed by atoms with Crippen molar-refractivity contribution < 1.29 is 31.1 Å². The molecule has 0 aliphatic carbocycles. The topological polar surface area (TPSA) is 109 Å². The molecule has 2 rings (SSSR count). The number of carbonyl (C=O) groups excluding carboxylic acids is 1. The third-order valence-corrected chi connectivity index (χ3v) is 4.44. The van der Waals surface area contributed by atoms with Gasteiger partial charge in [0.2, 0.25) is 5.91 Å². The summed E-state index contributed by atoms with van der Waals surface area (Å²) in [6.07, 6.45) is -3.97. The van der Waals surface area contributed by atoms with E-state index in [9.17, 15) is 26.4 Å². The van der Waals surface area contributed by atoms with Gasteiger partial charge >= 0.3 is 6.18 Å². The van der Waals surface area contributed by atoms with Crippen LogP contribution in [-0.4, -0.2) is 26.4 Å². The normalized spacial score (nSPS) is 11.7. The fourth-order valence-electron chi connectivity index (χ4n) is 1.95. The van der Waals surface area contributed by atoms with Crippen LogP contribution in [0.4, 0.5) is 24.7 Å². The fourth-order valence-corrected chi connectivity index (χ4v) is 2.81. The first-order valence-corrected chi connectivity index (χ1v) is 8.78. The van der Waals surface area contributed by atoms with E-state index in [1.807, 2.05) is 4.83 Å². The van der Waals surface area contributed by atoms with Crippen molar-refractivity contribution in [3.63, 3.8) is 0 Å². The summed E-state index contributed by atoms with van der Waals surface area (Å²) in [7, 11) is -2.79. The maximum atomic E-state index is 12.5. The van der Waals surface area contributed by atoms with E-state index in [0.29, 0.717) is 6.20 Å². The summed E-state index contributed by atoms with van der Waals surface area (Å²) in [6, 6.07) is 5.47. The number of sulfonamides is 1. The second-order valence-corrected chi connectivity index (χ2v) is 6.89. The molecule has 0 saturated heterocycles. The fraction of sp³-hybridized carbons (Fsp3) is 0.200. The Morgan fingerprint density at radius 1 is 1.19 bits per heavy atom. The minimum atomic E-state index is -4.54. The molecule has 0 radical (unpaired) electrons. The number of pyridine rings is 1. The summed E-state index contributed by atoms with van der Waals surface area (Å²) in [4.78, 5) is 16.4. The lowest BCUT2D eigenvalue weighted by Crippen LogP contribution is -2.30. The van der Waals surface area contributed by atoms with Crippen molar-refractivity contribution in [1.82, 2.24) is 9.82 Å². The molecule has 1 aromatic heterocycles. The van der Waals surface area contributed by atoms with Gasteiger partial charge in [0.05, 0.1) is 23.3 Å². The van der Waals surface area contributed by atoms with Crippen molar-refractivity contribution >= 4 is 27.4 Å². The Morgan fingerprint density at radius 3 is 2.41 bits per heavy atom. The van der Waals surface area contributed by atoms with Crippen LogP contribution < -0.4 is 20.3 Å². The SMILES string of the molecule is COc1cc(S(=O)(=O)NNc2ccc(C(F)(F)F)cn2)ccc1NC(C)=O. The zero-order valence-electron chi connectivity index (χ0n) is 14.1. The molecule has 27 heavy (non-hydrogen) atoms. The predicted molar refractivity (Wildman–Crippen MR) is 90.5 cm³/mol. The number of aromatic nitrogens is 1. The van der Waals surface area contributed by atoms with Gasteiger partial charge in [-0.2, -0.15) is 13.2 Å². The van der Waals surface area contributed by atoms with Crippen molar-refractivity contribution in [3.05, 3.63) is 42.1 Å². The number of amides is 1. The van der Waals surface area contributed by atoms with Gasteiger partial charge in [-0.05, 0) is 24.3 Å². The number of hydrogen-bond acceptors (Lipinski definition) is 6. The Hall–Kier alpha value is -2.86. The zero-order chi connectivity index (χ0) is 20.2. The van der Waals surface area contributed by atoms with Crippen LogP contribution in [0.15, 0.2) is 41.4 Å². The average Bonchev–Trinajstić information content (AvgIpc) is 2.59. The lowest BCUT2D eigenvalue weighted by Gasteiger charge is -2.13. The number of nitrogens with one attached hydrogen (secondary N) is 3. The van der Waals surface area contributed by atoms with Crippen LogP contribution >= 0.6 is 0 Å². The number of ether oxygens (including phenoxy) is 1. The summed E-state index contributed by atoms with van der Waals surface area (Å²) >= 11 is 0. The monoisotopic (exact) mass is 404 g/mol. The molecule has 1 heterocycles. The van der Waals surface area contributed by atoms with Crippen molar-refractivity contribution in [1.29, 1.82) is 0 Å². The average molecular weight is 404 g/mol. The third-order valence-electron chi connectivity index (χ3n) is 3.20. The van der Waals surface area contributed by atoms with E-state index in [4.69, 9.17) is 4.74 Å². The molecule has 0 aliphatic heterocycles. The zero-order valence-corrected chi connectivity index (χ0v) is 14.9. The van der Waals surface area contributed by atoms with Gasteiger partial charge in [-0.25, -0.2) is 13.4 Å². The van der Waals surface area contributed by atoms with E-state index in [0.717, 1.165) is 12.1 Å². The van der Waals surface area contributed by atoms with Gasteiger partial charge in [-0.1, -0.05) is 0 Å². The van der Waals surface area contributed by atoms with Crippen molar-refractivity contribution in [3.8, 4) is 5.75 Å². The van der Waals surface area contributed by atoms with E-state index in [2.05, 4.69) is 15.7 Å². The number of rotatable bonds is 6. The molecule has 0 aliphatic rings. The smallest absolute Gasteiger partial charge is 0.417 e. The predicted octanol–water partition coefficient (Wildman–Crippen LogP) is 2.37. The summed E-state index contributed by atoms with van der Waals surface area (Å²) in [5.74, 6) is -0.383. The van der Waals surface area contributed by atoms with Crippen LogP contribution in [-0.2, 0) is 21.0 Å². The maximum absolute atomic E-state index is 12.5. The molecular weight excluding hydrogens is 389 g/mol. The molecule has 0 bridgehead atoms. The first kappa shape index (κ1) is 20.5. The summed E-state index contributed by atoms with van der Waals surface area (Å²) in [5, 5.41) is 2.48. The molecule has 146 valence electrons. The minimum Gasteiger partial charge on any atom is -0.495 e. The van der Waals surface area contributed by atoms with Gasteiger partial charge < -0.3 is 10.1 Å². The van der Waals surface area contributed by atoms with E-state index in [1.54, 1.807) is 0 Å². The third kappa shape index (κ3) is 5.31. The molecule has 0 atom stereocenters. The Morgan fingerprint density at radius 2 is 1.89 bits per heavy atom. The largest absolute Gasteiger partial charge is 0.495 e. The van der Waals surface area contributed by atoms with Crippen LogP contribution in [0.2, 0.25) is 0 Å². The van der Waals surface area contributed by atoms with Gasteiger partial charge in [0.1, 0.15) is 11.6 Å². The summed E-state index contributed by atoms with van der Waals surface area (Å²) in [5.41, 5.74) is 1.53. The molecule has 3 N–H and O–H groups in total. The number of anilines is 2. The summed E-state index contributed by atoms with van der Waals surface area (Å²) in [6.45, 7) is 1.28. The van der Waals surface area contributed by atoms with Gasteiger partial charge in [0.25, 0.3) is 10.0 Å². The lowest BCUT2D eigenvalue weighted by molar-refractivity contribution is -0.137. The van der Waals surface area contributed by atoms with E-state index < -0.39 is 21.8 Å². The molecular formula is C15H15F3N4O4S. The highest BCUT2D eigenvalue weighted by Gasteiger charge is 2.30. The van der Waals surface area contributed by atoms with Crippen LogP contribution in [0.25, 0.3) is 0 Å². The second-order valence-electron chi connectivity index (χ2n) is 5.20. The highest BCUT2D eigenvalue weighted by Crippen LogP contribution is 2.29. The summed E-state index contributed by atoms with van der Waals surface area (Å²) < 4.78 is 67.1. The molecule has 0 saturated carbocycles. The van der Waals surface area contributed by atoms with Crippen LogP contribution in [0.3, 0.4) is 0 Å². The highest BCUT2D eigenvalue weighted by atomic mass is 32.2. The number of halogens is 3. The maximum Gasteiger partial charge on any atom is 0.417 e. The van der Waals surface area contributed by atoms with Gasteiger partial charge in [0.15, 0.2) is 0 Å². The molecule has 0 unspecified atom stereocenters. The highest BCUT2D eigenvalue weighted by molar-refractivity contribution is 7.89. The number of carbonyl (C=O) groups is 1. The molecule has 1 aromatic carbocycles. The molecule has 12 heteroatoms. The number of nitrogens with zero attached hydrogens (tertiary/aromatic N) is 1. The molecule has 0 spiro atoms. The Labute approximate surface area is 152 Å². The van der Waals surface area contributed by atoms with Crippen LogP contribution in [0.5, 0.6) is 5.75 Å². The number of methoxy groups -OCH3 is 1. The standard InChI is InChI=1S/C15H15F3N4O4S/c1-9(23)20-12-5-4-11(7-13(12)26-2)27(24,25)22-21-14-6-3-10(8-19-14)15(16,17)18/h3-8,22H,1-2H3,(H,19,21)(H,20,23). The molecule has 8 nitrogen and oxygen atoms in total. The number of hydrazine groups is 1. The minimum absolute atomic E-state index is 0.112. The molecule has 0 fully saturated rings. The number of hydrogen-bond donors (Lipinski definition) is 3. The lowest BCUT2D eigenvalue weighted by atomic mass is 10.3. The van der Waals surface area contributed by atoms with Gasteiger partial charge in [-0.3, -0.25) is 10.2 Å². The van der Waals surface area contributed by atoms with Crippen molar-refractivity contribution in [2.24, 2.45) is 0 Å². The van der Waals surface area contributed by atoms with Crippen LogP contribution in [0.1, 0.15) is 12.5 Å². The Kier molecular flexibility index (Phi) is 5.91. The quantitative estimate of drug-likeness (QED) is 0.638. The van der Waals surface area contributed by atoms with Crippen LogP contribution in [0, 0.1) is 0 Å². The molecule has 1 amide bonds. The first-order chi connectivity index (χ1) is 12.5. The van der Waals surface area contributed by atoms with Crippen molar-refractivity contribution in [2.45, 2.75) is 18.0 Å². The number of benzene rings is 1.